The molecule has 28 heavy (non-hydrogen) atoms. The molecule has 0 amide bonds. The molecule has 1 heterocycles. The van der Waals surface area contributed by atoms with Crippen molar-refractivity contribution in [2.24, 2.45) is 0 Å². The molecule has 0 atom stereocenters. The van der Waals surface area contributed by atoms with Crippen LogP contribution in [0.4, 0.5) is 28.8 Å². The van der Waals surface area contributed by atoms with E-state index < -0.39 is 0 Å². The van der Waals surface area contributed by atoms with Crippen LogP contribution in [-0.2, 0) is 0 Å². The van der Waals surface area contributed by atoms with Crippen LogP contribution >= 0.6 is 0 Å². The summed E-state index contributed by atoms with van der Waals surface area (Å²) < 4.78 is 0. The Kier molecular flexibility index (Phi) is 6.42. The van der Waals surface area contributed by atoms with Crippen LogP contribution in [0.5, 0.6) is 0 Å². The van der Waals surface area contributed by atoms with E-state index in [-0.39, 0.29) is 0 Å². The molecular weight excluding hydrogens is 348 g/mol. The van der Waals surface area contributed by atoms with E-state index in [0.29, 0.717) is 17.7 Å². The maximum atomic E-state index is 4.50. The minimum absolute atomic E-state index is 0.460. The predicted octanol–water partition coefficient (Wildman–Crippen LogP) is 5.33. The van der Waals surface area contributed by atoms with Crippen LogP contribution in [0.1, 0.15) is 39.2 Å². The Labute approximate surface area is 167 Å². The Morgan fingerprint density at radius 2 is 1.46 bits per heavy atom. The standard InChI is InChI=1S/C22H28N6/c1-5-28(6-2)20-13-11-18(12-14-20)24-21-15-23-27-22(26-21)25-19-9-7-17(8-10-19)16(3)4/h7-16H,5-6H2,1-4H3,(H2,24,25,26,27). The molecule has 0 aliphatic heterocycles. The molecule has 0 aliphatic rings. The quantitative estimate of drug-likeness (QED) is 0.554. The summed E-state index contributed by atoms with van der Waals surface area (Å²) in [6, 6.07) is 16.6. The van der Waals surface area contributed by atoms with Gasteiger partial charge in [-0.25, -0.2) is 0 Å². The molecule has 0 unspecified atom stereocenters. The monoisotopic (exact) mass is 376 g/mol. The van der Waals surface area contributed by atoms with Gasteiger partial charge in [-0.1, -0.05) is 26.0 Å². The first kappa shape index (κ1) is 19.6. The van der Waals surface area contributed by atoms with E-state index in [1.807, 2.05) is 24.3 Å². The average Bonchev–Trinajstić information content (AvgIpc) is 2.71. The van der Waals surface area contributed by atoms with Gasteiger partial charge in [-0.05, 0) is 61.7 Å². The summed E-state index contributed by atoms with van der Waals surface area (Å²) in [5.41, 5.74) is 4.41. The molecule has 2 N–H and O–H groups in total. The smallest absolute Gasteiger partial charge is 0.249 e. The van der Waals surface area contributed by atoms with Crippen molar-refractivity contribution in [1.29, 1.82) is 0 Å². The van der Waals surface area contributed by atoms with Crippen LogP contribution in [-0.4, -0.2) is 28.3 Å². The highest BCUT2D eigenvalue weighted by Gasteiger charge is 2.05. The van der Waals surface area contributed by atoms with Gasteiger partial charge in [0.1, 0.15) is 0 Å². The first-order valence-electron chi connectivity index (χ1n) is 9.77. The molecule has 6 nitrogen and oxygen atoms in total. The highest BCUT2D eigenvalue weighted by molar-refractivity contribution is 5.62. The van der Waals surface area contributed by atoms with Gasteiger partial charge in [0.25, 0.3) is 0 Å². The van der Waals surface area contributed by atoms with Crippen LogP contribution in [0.25, 0.3) is 0 Å². The summed E-state index contributed by atoms with van der Waals surface area (Å²) in [6.45, 7) is 10.7. The number of hydrogen-bond acceptors (Lipinski definition) is 6. The lowest BCUT2D eigenvalue weighted by molar-refractivity contribution is 0.866. The third-order valence-electron chi connectivity index (χ3n) is 4.66. The van der Waals surface area contributed by atoms with Gasteiger partial charge in [0.05, 0.1) is 6.20 Å². The van der Waals surface area contributed by atoms with Crippen LogP contribution in [0, 0.1) is 0 Å². The zero-order valence-electron chi connectivity index (χ0n) is 17.0. The Morgan fingerprint density at radius 1 is 0.857 bits per heavy atom. The molecular formula is C22H28N6. The lowest BCUT2D eigenvalue weighted by Gasteiger charge is -2.21. The Balaban J connectivity index is 1.67. The van der Waals surface area contributed by atoms with Crippen molar-refractivity contribution in [3.05, 3.63) is 60.3 Å². The van der Waals surface area contributed by atoms with Crippen molar-refractivity contribution in [2.45, 2.75) is 33.6 Å². The van der Waals surface area contributed by atoms with Gasteiger partial charge >= 0.3 is 0 Å². The minimum Gasteiger partial charge on any atom is -0.372 e. The number of hydrogen-bond donors (Lipinski definition) is 2. The second kappa shape index (κ2) is 9.17. The molecule has 0 saturated heterocycles. The Hall–Kier alpha value is -3.15. The zero-order chi connectivity index (χ0) is 19.9. The molecule has 0 aliphatic carbocycles. The first-order chi connectivity index (χ1) is 13.6. The van der Waals surface area contributed by atoms with Gasteiger partial charge in [0.15, 0.2) is 5.82 Å². The number of benzene rings is 2. The molecule has 6 heteroatoms. The largest absolute Gasteiger partial charge is 0.372 e. The summed E-state index contributed by atoms with van der Waals surface area (Å²) in [7, 11) is 0. The molecule has 0 radical (unpaired) electrons. The van der Waals surface area contributed by atoms with E-state index >= 15 is 0 Å². The summed E-state index contributed by atoms with van der Waals surface area (Å²) in [6.07, 6.45) is 1.62. The van der Waals surface area contributed by atoms with Crippen LogP contribution < -0.4 is 15.5 Å². The van der Waals surface area contributed by atoms with Crippen LogP contribution in [0.3, 0.4) is 0 Å². The fourth-order valence-corrected chi connectivity index (χ4v) is 2.99. The normalized spacial score (nSPS) is 10.8. The molecule has 1 aromatic heterocycles. The predicted molar refractivity (Wildman–Crippen MR) is 117 cm³/mol. The van der Waals surface area contributed by atoms with E-state index in [4.69, 9.17) is 0 Å². The lowest BCUT2D eigenvalue weighted by Crippen LogP contribution is -2.21. The molecule has 0 saturated carbocycles. The van der Waals surface area contributed by atoms with Crippen molar-refractivity contribution >= 4 is 28.8 Å². The Bertz CT molecular complexity index is 870. The highest BCUT2D eigenvalue weighted by Crippen LogP contribution is 2.22. The van der Waals surface area contributed by atoms with Crippen LogP contribution in [0.2, 0.25) is 0 Å². The number of aromatic nitrogens is 3. The maximum absolute atomic E-state index is 4.50. The average molecular weight is 377 g/mol. The van der Waals surface area contributed by atoms with Crippen molar-refractivity contribution in [3.63, 3.8) is 0 Å². The first-order valence-corrected chi connectivity index (χ1v) is 9.77. The SMILES string of the molecule is CCN(CC)c1ccc(Nc2cnnc(Nc3ccc(C(C)C)cc3)n2)cc1. The molecule has 0 bridgehead atoms. The number of nitrogens with zero attached hydrogens (tertiary/aromatic N) is 4. The second-order valence-corrected chi connectivity index (χ2v) is 6.91. The number of rotatable bonds is 8. The van der Waals surface area contributed by atoms with Crippen LogP contribution in [0.15, 0.2) is 54.7 Å². The lowest BCUT2D eigenvalue weighted by atomic mass is 10.0. The third kappa shape index (κ3) is 4.97. The van der Waals surface area contributed by atoms with E-state index in [2.05, 4.69) is 82.7 Å². The summed E-state index contributed by atoms with van der Waals surface area (Å²) in [5.74, 6) is 1.61. The van der Waals surface area contributed by atoms with Gasteiger partial charge in [-0.15, -0.1) is 5.10 Å². The second-order valence-electron chi connectivity index (χ2n) is 6.91. The van der Waals surface area contributed by atoms with E-state index in [1.54, 1.807) is 6.20 Å². The topological polar surface area (TPSA) is 66.0 Å². The van der Waals surface area contributed by atoms with E-state index in [9.17, 15) is 0 Å². The van der Waals surface area contributed by atoms with Gasteiger partial charge in [-0.3, -0.25) is 0 Å². The highest BCUT2D eigenvalue weighted by atomic mass is 15.3. The van der Waals surface area contributed by atoms with Crippen molar-refractivity contribution in [1.82, 2.24) is 15.2 Å². The molecule has 3 rings (SSSR count). The van der Waals surface area contributed by atoms with Crippen molar-refractivity contribution in [3.8, 4) is 0 Å². The number of nitrogens with one attached hydrogen (secondary N) is 2. The molecule has 2 aromatic carbocycles. The van der Waals surface area contributed by atoms with Crippen molar-refractivity contribution < 1.29 is 0 Å². The zero-order valence-corrected chi connectivity index (χ0v) is 17.0. The minimum atomic E-state index is 0.460. The summed E-state index contributed by atoms with van der Waals surface area (Å²) in [5, 5.41) is 14.6. The summed E-state index contributed by atoms with van der Waals surface area (Å²) in [4.78, 5) is 6.81. The summed E-state index contributed by atoms with van der Waals surface area (Å²) >= 11 is 0. The van der Waals surface area contributed by atoms with Gasteiger partial charge in [0.2, 0.25) is 5.95 Å². The molecule has 0 spiro atoms. The van der Waals surface area contributed by atoms with Gasteiger partial charge in [0, 0.05) is 30.2 Å². The van der Waals surface area contributed by atoms with E-state index in [1.165, 1.54) is 11.3 Å². The van der Waals surface area contributed by atoms with E-state index in [0.717, 1.165) is 24.5 Å². The third-order valence-corrected chi connectivity index (χ3v) is 4.66. The molecule has 0 fully saturated rings. The fraction of sp³-hybridized carbons (Fsp3) is 0.318. The molecule has 146 valence electrons. The van der Waals surface area contributed by atoms with Gasteiger partial charge in [-0.2, -0.15) is 10.1 Å². The van der Waals surface area contributed by atoms with Crippen molar-refractivity contribution in [2.75, 3.05) is 28.6 Å². The Morgan fingerprint density at radius 3 is 2.07 bits per heavy atom. The maximum Gasteiger partial charge on any atom is 0.249 e. The number of anilines is 5. The van der Waals surface area contributed by atoms with Gasteiger partial charge < -0.3 is 15.5 Å². The fourth-order valence-electron chi connectivity index (χ4n) is 2.99. The molecule has 3 aromatic rings.